The Morgan fingerprint density at radius 1 is 0.983 bits per heavy atom. The van der Waals surface area contributed by atoms with E-state index < -0.39 is 89.3 Å². The Morgan fingerprint density at radius 3 is 2.31 bits per heavy atom. The van der Waals surface area contributed by atoms with Crippen LogP contribution < -0.4 is 0 Å². The average Bonchev–Trinajstić information content (AvgIpc) is 3.77. The number of nitrogens with zero attached hydrogens (tertiary/aromatic N) is 4. The second-order valence-corrected chi connectivity index (χ2v) is 17.6. The van der Waals surface area contributed by atoms with Gasteiger partial charge in [0.15, 0.2) is 17.7 Å². The van der Waals surface area contributed by atoms with E-state index in [9.17, 15) is 28.7 Å². The zero-order chi connectivity index (χ0) is 43.6. The number of carbonyl (C=O) groups excluding carboxylic acids is 4. The van der Waals surface area contributed by atoms with Crippen molar-refractivity contribution in [3.8, 4) is 11.1 Å². The number of aliphatic hydroxyl groups is 1. The highest BCUT2D eigenvalue weighted by molar-refractivity contribution is 6.00. The van der Waals surface area contributed by atoms with Crippen LogP contribution in [-0.2, 0) is 44.6 Å². The Hall–Kier alpha value is -3.76. The summed E-state index contributed by atoms with van der Waals surface area (Å²) in [6.07, 6.45) is 2.47. The summed E-state index contributed by atoms with van der Waals surface area (Å²) in [4.78, 5) is 64.1. The molecule has 0 bridgehead atoms. The average molecular weight is 829 g/mol. The third-order valence-electron chi connectivity index (χ3n) is 13.0. The van der Waals surface area contributed by atoms with E-state index in [0.29, 0.717) is 25.8 Å². The number of ether oxygens (including phenoxy) is 5. The molecule has 3 aliphatic rings. The molecule has 2 aromatic heterocycles. The lowest BCUT2D eigenvalue weighted by Gasteiger charge is -2.47. The Kier molecular flexibility index (Phi) is 14.8. The molecule has 0 aromatic carbocycles. The summed E-state index contributed by atoms with van der Waals surface area (Å²) >= 11 is 0. The lowest BCUT2D eigenvalue weighted by Crippen LogP contribution is -2.60. The minimum absolute atomic E-state index is 0.117. The smallest absolute Gasteiger partial charge is 0.410 e. The summed E-state index contributed by atoms with van der Waals surface area (Å²) in [5, 5.41) is 11.4. The SMILES string of the molecule is CC[C@H]1OC(=O)[C@H](C)C(=O)[C@H](C)[C@@H](O[C@@H]2O[C@H](C)C[C@H](N(C)C)[C@H]2O)[C@](C)(OC)C[C@@H](C)C(=O)[C@H](C)C2N(CCCCn3ccc(-c4ccc(F)nc4)c3)C(=O)O[C@@]21C. The molecular formula is C44H65FN4O10. The van der Waals surface area contributed by atoms with Gasteiger partial charge >= 0.3 is 12.1 Å². The highest BCUT2D eigenvalue weighted by atomic mass is 19.1. The molecule has 15 heteroatoms. The van der Waals surface area contributed by atoms with Crippen molar-refractivity contribution in [2.75, 3.05) is 27.7 Å². The van der Waals surface area contributed by atoms with Gasteiger partial charge in [0.05, 0.1) is 23.9 Å². The number of cyclic esters (lactones) is 1. The number of esters is 1. The molecule has 3 saturated heterocycles. The van der Waals surface area contributed by atoms with Gasteiger partial charge in [0.1, 0.15) is 23.9 Å². The van der Waals surface area contributed by atoms with Gasteiger partial charge in [-0.25, -0.2) is 9.78 Å². The number of likely N-dealkylation sites (N-methyl/N-ethyl adjacent to an activating group) is 1. The fourth-order valence-corrected chi connectivity index (χ4v) is 9.58. The van der Waals surface area contributed by atoms with Gasteiger partial charge in [-0.2, -0.15) is 4.39 Å². The van der Waals surface area contributed by atoms with Crippen LogP contribution >= 0.6 is 0 Å². The molecule has 59 heavy (non-hydrogen) atoms. The van der Waals surface area contributed by atoms with Crippen molar-refractivity contribution in [1.82, 2.24) is 19.4 Å². The Morgan fingerprint density at radius 2 is 1.68 bits per heavy atom. The molecule has 1 N–H and O–H groups in total. The van der Waals surface area contributed by atoms with Gasteiger partial charge in [0, 0.05) is 73.7 Å². The Bertz CT molecular complexity index is 1790. The number of pyridine rings is 1. The second kappa shape index (κ2) is 18.9. The zero-order valence-corrected chi connectivity index (χ0v) is 36.6. The number of methoxy groups -OCH3 is 1. The normalized spacial score (nSPS) is 36.3. The van der Waals surface area contributed by atoms with E-state index in [2.05, 4.69) is 4.98 Å². The number of aliphatic hydroxyl groups excluding tert-OH is 1. The van der Waals surface area contributed by atoms with E-state index >= 15 is 0 Å². The number of aromatic nitrogens is 2. The quantitative estimate of drug-likeness (QED) is 0.128. The first kappa shape index (κ1) is 46.3. The topological polar surface area (TPSA) is 159 Å². The van der Waals surface area contributed by atoms with Crippen LogP contribution in [0.1, 0.15) is 87.5 Å². The number of ketones is 2. The van der Waals surface area contributed by atoms with Crippen molar-refractivity contribution in [2.24, 2.45) is 23.7 Å². The molecule has 328 valence electrons. The predicted molar refractivity (Wildman–Crippen MR) is 216 cm³/mol. The number of unbranched alkanes of at least 4 members (excludes halogenated alkanes) is 1. The van der Waals surface area contributed by atoms with Gasteiger partial charge in [-0.05, 0) is 92.1 Å². The number of Topliss-reactive ketones (excluding diaryl/α,β-unsaturated/α-hetero) is 2. The van der Waals surface area contributed by atoms with Crippen LogP contribution in [0, 0.1) is 29.6 Å². The van der Waals surface area contributed by atoms with Crippen LogP contribution in [0.15, 0.2) is 36.8 Å². The molecule has 13 atom stereocenters. The lowest BCUT2D eigenvalue weighted by atomic mass is 9.73. The van der Waals surface area contributed by atoms with Crippen LogP contribution in [0.5, 0.6) is 0 Å². The van der Waals surface area contributed by atoms with Gasteiger partial charge in [-0.3, -0.25) is 14.4 Å². The number of aryl methyl sites for hydroxylation is 1. The highest BCUT2D eigenvalue weighted by Crippen LogP contribution is 2.43. The van der Waals surface area contributed by atoms with Crippen molar-refractivity contribution in [1.29, 1.82) is 0 Å². The Balaban J connectivity index is 1.43. The van der Waals surface area contributed by atoms with Gasteiger partial charge in [0.25, 0.3) is 0 Å². The van der Waals surface area contributed by atoms with Crippen LogP contribution in [0.3, 0.4) is 0 Å². The number of rotatable bonds is 11. The minimum atomic E-state index is -1.42. The number of hydrogen-bond acceptors (Lipinski definition) is 12. The van der Waals surface area contributed by atoms with Crippen molar-refractivity contribution in [3.63, 3.8) is 0 Å². The van der Waals surface area contributed by atoms with Gasteiger partial charge < -0.3 is 43.2 Å². The summed E-state index contributed by atoms with van der Waals surface area (Å²) in [6.45, 7) is 14.8. The molecule has 5 heterocycles. The molecule has 0 radical (unpaired) electrons. The van der Waals surface area contributed by atoms with Crippen molar-refractivity contribution in [3.05, 3.63) is 42.7 Å². The van der Waals surface area contributed by atoms with E-state index in [4.69, 9.17) is 23.7 Å². The summed E-state index contributed by atoms with van der Waals surface area (Å²) in [5.41, 5.74) is -1.00. The van der Waals surface area contributed by atoms with E-state index in [0.717, 1.165) is 11.1 Å². The molecule has 0 spiro atoms. The largest absolute Gasteiger partial charge is 0.458 e. The molecule has 3 fully saturated rings. The molecule has 1 amide bonds. The van der Waals surface area contributed by atoms with Crippen LogP contribution in [0.25, 0.3) is 11.1 Å². The zero-order valence-electron chi connectivity index (χ0n) is 36.6. The molecular weight excluding hydrogens is 763 g/mol. The first-order valence-corrected chi connectivity index (χ1v) is 21.0. The minimum Gasteiger partial charge on any atom is -0.458 e. The van der Waals surface area contributed by atoms with E-state index in [1.165, 1.54) is 26.3 Å². The number of halogens is 1. The summed E-state index contributed by atoms with van der Waals surface area (Å²) in [5.74, 6) is -5.59. The van der Waals surface area contributed by atoms with Crippen LogP contribution in [-0.4, -0.2) is 130 Å². The summed E-state index contributed by atoms with van der Waals surface area (Å²) in [7, 11) is 5.22. The summed E-state index contributed by atoms with van der Waals surface area (Å²) in [6, 6.07) is 3.83. The second-order valence-electron chi connectivity index (χ2n) is 17.6. The standard InChI is InChI=1S/C44H65FN4O10/c1-12-33-44(8)38(49(42(54)59-44)19-14-13-18-48-20-17-31(24-48)30-15-16-34(45)46-23-30)27(4)35(50)25(2)22-43(7,55-11)39(28(5)36(51)29(6)40(53)57-33)58-41-37(52)32(47(9)10)21-26(3)56-41/h15-17,20,23-29,32-33,37-39,41,52H,12-14,18-19,21-22H2,1-11H3/t25-,26-,27+,28+,29-,32+,33-,37-,38?,39-,41+,43-,44-/m1/s1. The predicted octanol–water partition coefficient (Wildman–Crippen LogP) is 5.67. The van der Waals surface area contributed by atoms with Crippen molar-refractivity contribution in [2.45, 2.75) is 148 Å². The van der Waals surface area contributed by atoms with Gasteiger partial charge in [-0.1, -0.05) is 27.7 Å². The highest BCUT2D eigenvalue weighted by Gasteiger charge is 2.60. The molecule has 0 aliphatic carbocycles. The number of fused-ring (bicyclic) bond motifs is 1. The molecule has 1 unspecified atom stereocenters. The maximum absolute atomic E-state index is 14.7. The molecule has 0 saturated carbocycles. The summed E-state index contributed by atoms with van der Waals surface area (Å²) < 4.78 is 46.6. The third-order valence-corrected chi connectivity index (χ3v) is 13.0. The first-order valence-electron chi connectivity index (χ1n) is 21.0. The fourth-order valence-electron chi connectivity index (χ4n) is 9.58. The number of amides is 1. The van der Waals surface area contributed by atoms with Gasteiger partial charge in [-0.15, -0.1) is 0 Å². The maximum Gasteiger partial charge on any atom is 0.410 e. The lowest BCUT2D eigenvalue weighted by molar-refractivity contribution is -0.295. The number of carbonyl (C=O) groups is 4. The van der Waals surface area contributed by atoms with Crippen molar-refractivity contribution < 1.29 is 52.4 Å². The van der Waals surface area contributed by atoms with E-state index in [1.54, 1.807) is 45.6 Å². The fraction of sp³-hybridized carbons (Fsp3) is 0.705. The van der Waals surface area contributed by atoms with Crippen LogP contribution in [0.2, 0.25) is 0 Å². The molecule has 14 nitrogen and oxygen atoms in total. The van der Waals surface area contributed by atoms with Gasteiger partial charge in [0.2, 0.25) is 5.95 Å². The maximum atomic E-state index is 14.7. The molecule has 3 aliphatic heterocycles. The van der Waals surface area contributed by atoms with E-state index in [1.807, 2.05) is 55.9 Å². The van der Waals surface area contributed by atoms with E-state index in [-0.39, 0.29) is 37.3 Å². The molecule has 5 rings (SSSR count). The first-order chi connectivity index (χ1) is 27.8. The third kappa shape index (κ3) is 9.75. The monoisotopic (exact) mass is 828 g/mol. The van der Waals surface area contributed by atoms with Crippen LogP contribution in [0.4, 0.5) is 9.18 Å². The number of hydrogen-bond donors (Lipinski definition) is 1. The van der Waals surface area contributed by atoms with Crippen molar-refractivity contribution >= 4 is 23.6 Å². The molecule has 2 aromatic rings. The Labute approximate surface area is 348 Å².